The average molecular weight is 290 g/mol. The van der Waals surface area contributed by atoms with Gasteiger partial charge < -0.3 is 10.1 Å². The van der Waals surface area contributed by atoms with E-state index in [0.29, 0.717) is 16.8 Å². The Kier molecular flexibility index (Phi) is 4.14. The van der Waals surface area contributed by atoms with Crippen LogP contribution in [0.5, 0.6) is 11.6 Å². The molecule has 20 heavy (non-hydrogen) atoms. The van der Waals surface area contributed by atoms with Gasteiger partial charge in [-0.15, -0.1) is 0 Å². The van der Waals surface area contributed by atoms with Gasteiger partial charge >= 0.3 is 0 Å². The molecule has 4 nitrogen and oxygen atoms in total. The molecule has 0 spiro atoms. The number of halogens is 1. The minimum absolute atomic E-state index is 0.361. The Labute approximate surface area is 123 Å². The highest BCUT2D eigenvalue weighted by atomic mass is 35.5. The number of piperidine rings is 1. The number of nitrogens with one attached hydrogen (secondary N) is 1. The van der Waals surface area contributed by atoms with E-state index in [1.165, 1.54) is 0 Å². The second kappa shape index (κ2) is 6.20. The monoisotopic (exact) mass is 289 g/mol. The molecule has 1 aromatic carbocycles. The van der Waals surface area contributed by atoms with Crippen molar-refractivity contribution in [3.05, 3.63) is 47.4 Å². The highest BCUT2D eigenvalue weighted by Crippen LogP contribution is 2.30. The predicted octanol–water partition coefficient (Wildman–Crippen LogP) is 3.39. The number of nitrogens with zero attached hydrogens (tertiary/aromatic N) is 2. The highest BCUT2D eigenvalue weighted by molar-refractivity contribution is 6.30. The van der Waals surface area contributed by atoms with E-state index in [1.807, 2.05) is 12.1 Å². The molecule has 104 valence electrons. The molecule has 0 saturated carbocycles. The van der Waals surface area contributed by atoms with Gasteiger partial charge in [0.05, 0.1) is 0 Å². The standard InChI is InChI=1S/C15H16ClN3O/c16-12-3-5-13(6-4-12)20-15-14(18-8-9-19-15)11-2-1-7-17-10-11/h3-6,8-9,11,17H,1-2,7,10H2. The second-order valence-corrected chi connectivity index (χ2v) is 5.28. The minimum Gasteiger partial charge on any atom is -0.437 e. The molecule has 0 radical (unpaired) electrons. The van der Waals surface area contributed by atoms with Gasteiger partial charge in [-0.05, 0) is 43.7 Å². The smallest absolute Gasteiger partial charge is 0.241 e. The summed E-state index contributed by atoms with van der Waals surface area (Å²) in [7, 11) is 0. The fourth-order valence-electron chi connectivity index (χ4n) is 2.39. The molecule has 1 aliphatic rings. The van der Waals surface area contributed by atoms with Crippen molar-refractivity contribution in [3.8, 4) is 11.6 Å². The molecule has 1 fully saturated rings. The van der Waals surface area contributed by atoms with Crippen LogP contribution in [-0.4, -0.2) is 23.1 Å². The number of rotatable bonds is 3. The van der Waals surface area contributed by atoms with Gasteiger partial charge in [0, 0.05) is 29.9 Å². The Morgan fingerprint density at radius 1 is 1.15 bits per heavy atom. The topological polar surface area (TPSA) is 47.0 Å². The average Bonchev–Trinajstić information content (AvgIpc) is 2.51. The third kappa shape index (κ3) is 3.08. The molecular formula is C15H16ClN3O. The van der Waals surface area contributed by atoms with Crippen molar-refractivity contribution >= 4 is 11.6 Å². The first-order valence-corrected chi connectivity index (χ1v) is 7.16. The Morgan fingerprint density at radius 3 is 2.70 bits per heavy atom. The molecule has 2 aromatic rings. The summed E-state index contributed by atoms with van der Waals surface area (Å²) in [5.41, 5.74) is 0.926. The van der Waals surface area contributed by atoms with Crippen molar-refractivity contribution in [2.24, 2.45) is 0 Å². The maximum Gasteiger partial charge on any atom is 0.241 e. The lowest BCUT2D eigenvalue weighted by molar-refractivity contribution is 0.411. The molecule has 1 N–H and O–H groups in total. The van der Waals surface area contributed by atoms with Crippen molar-refractivity contribution in [2.45, 2.75) is 18.8 Å². The van der Waals surface area contributed by atoms with Gasteiger partial charge in [-0.2, -0.15) is 0 Å². The normalized spacial score (nSPS) is 18.8. The van der Waals surface area contributed by atoms with Gasteiger partial charge in [-0.25, -0.2) is 4.98 Å². The third-order valence-electron chi connectivity index (χ3n) is 3.40. The fraction of sp³-hybridized carbons (Fsp3) is 0.333. The van der Waals surface area contributed by atoms with Gasteiger partial charge in [0.1, 0.15) is 11.4 Å². The fourth-order valence-corrected chi connectivity index (χ4v) is 2.52. The molecule has 1 unspecified atom stereocenters. The molecule has 1 saturated heterocycles. The van der Waals surface area contributed by atoms with Gasteiger partial charge in [-0.1, -0.05) is 11.6 Å². The van der Waals surface area contributed by atoms with Crippen molar-refractivity contribution in [3.63, 3.8) is 0 Å². The van der Waals surface area contributed by atoms with Crippen LogP contribution < -0.4 is 10.1 Å². The Hall–Kier alpha value is -1.65. The maximum absolute atomic E-state index is 5.88. The molecule has 2 heterocycles. The molecule has 0 aliphatic carbocycles. The summed E-state index contributed by atoms with van der Waals surface area (Å²) in [6.45, 7) is 2.00. The molecular weight excluding hydrogens is 274 g/mol. The first-order valence-electron chi connectivity index (χ1n) is 6.78. The summed E-state index contributed by atoms with van der Waals surface area (Å²) in [4.78, 5) is 8.79. The van der Waals surface area contributed by atoms with Crippen LogP contribution in [0.2, 0.25) is 5.02 Å². The van der Waals surface area contributed by atoms with Crippen LogP contribution in [0.4, 0.5) is 0 Å². The summed E-state index contributed by atoms with van der Waals surface area (Å²) in [5, 5.41) is 4.08. The van der Waals surface area contributed by atoms with E-state index >= 15 is 0 Å². The Balaban J connectivity index is 1.83. The number of hydrogen-bond donors (Lipinski definition) is 1. The number of hydrogen-bond acceptors (Lipinski definition) is 4. The third-order valence-corrected chi connectivity index (χ3v) is 3.65. The van der Waals surface area contributed by atoms with Crippen LogP contribution in [0, 0.1) is 0 Å². The Bertz CT molecular complexity index is 568. The Morgan fingerprint density at radius 2 is 1.95 bits per heavy atom. The lowest BCUT2D eigenvalue weighted by Gasteiger charge is -2.23. The van der Waals surface area contributed by atoms with E-state index in [1.54, 1.807) is 24.5 Å². The molecule has 1 aromatic heterocycles. The van der Waals surface area contributed by atoms with E-state index in [2.05, 4.69) is 15.3 Å². The van der Waals surface area contributed by atoms with Gasteiger partial charge in [-0.3, -0.25) is 4.98 Å². The summed E-state index contributed by atoms with van der Waals surface area (Å²) >= 11 is 5.88. The SMILES string of the molecule is Clc1ccc(Oc2nccnc2C2CCCNC2)cc1. The van der Waals surface area contributed by atoms with Gasteiger partial charge in [0.2, 0.25) is 5.88 Å². The molecule has 0 amide bonds. The maximum atomic E-state index is 5.88. The van der Waals surface area contributed by atoms with Crippen LogP contribution in [0.1, 0.15) is 24.5 Å². The largest absolute Gasteiger partial charge is 0.437 e. The number of ether oxygens (including phenoxy) is 1. The van der Waals surface area contributed by atoms with E-state index < -0.39 is 0 Å². The van der Waals surface area contributed by atoms with Crippen LogP contribution in [-0.2, 0) is 0 Å². The zero-order valence-electron chi connectivity index (χ0n) is 11.1. The molecule has 0 bridgehead atoms. The van der Waals surface area contributed by atoms with E-state index in [-0.39, 0.29) is 0 Å². The van der Waals surface area contributed by atoms with E-state index in [4.69, 9.17) is 16.3 Å². The lowest BCUT2D eigenvalue weighted by Crippen LogP contribution is -2.29. The summed E-state index contributed by atoms with van der Waals surface area (Å²) in [6.07, 6.45) is 5.65. The quantitative estimate of drug-likeness (QED) is 0.941. The van der Waals surface area contributed by atoms with Crippen LogP contribution >= 0.6 is 11.6 Å². The number of aromatic nitrogens is 2. The highest BCUT2D eigenvalue weighted by Gasteiger charge is 2.21. The molecule has 3 rings (SSSR count). The molecule has 5 heteroatoms. The predicted molar refractivity (Wildman–Crippen MR) is 78.4 cm³/mol. The molecule has 1 atom stereocenters. The van der Waals surface area contributed by atoms with Crippen molar-refractivity contribution < 1.29 is 4.74 Å². The summed E-state index contributed by atoms with van der Waals surface area (Å²) < 4.78 is 5.86. The van der Waals surface area contributed by atoms with E-state index in [0.717, 1.165) is 37.4 Å². The first-order chi connectivity index (χ1) is 9.83. The van der Waals surface area contributed by atoms with Crippen LogP contribution in [0.15, 0.2) is 36.7 Å². The zero-order chi connectivity index (χ0) is 13.8. The number of benzene rings is 1. The zero-order valence-corrected chi connectivity index (χ0v) is 11.8. The molecule has 1 aliphatic heterocycles. The van der Waals surface area contributed by atoms with Crippen molar-refractivity contribution in [1.82, 2.24) is 15.3 Å². The van der Waals surface area contributed by atoms with Crippen LogP contribution in [0.3, 0.4) is 0 Å². The minimum atomic E-state index is 0.361. The van der Waals surface area contributed by atoms with Crippen molar-refractivity contribution in [2.75, 3.05) is 13.1 Å². The van der Waals surface area contributed by atoms with E-state index in [9.17, 15) is 0 Å². The van der Waals surface area contributed by atoms with Crippen LogP contribution in [0.25, 0.3) is 0 Å². The van der Waals surface area contributed by atoms with Gasteiger partial charge in [0.25, 0.3) is 0 Å². The van der Waals surface area contributed by atoms with Gasteiger partial charge in [0.15, 0.2) is 0 Å². The summed E-state index contributed by atoms with van der Waals surface area (Å²) in [6, 6.07) is 7.27. The second-order valence-electron chi connectivity index (χ2n) is 4.85. The summed E-state index contributed by atoms with van der Waals surface area (Å²) in [5.74, 6) is 1.67. The lowest BCUT2D eigenvalue weighted by atomic mass is 9.96. The van der Waals surface area contributed by atoms with Crippen molar-refractivity contribution in [1.29, 1.82) is 0 Å². The first kappa shape index (κ1) is 13.3.